The molecule has 242 valence electrons. The maximum Gasteiger partial charge on any atom is 0.290 e. The number of hydrogen-bond donors (Lipinski definition) is 4. The van der Waals surface area contributed by atoms with Crippen molar-refractivity contribution in [1.82, 2.24) is 15.2 Å². The van der Waals surface area contributed by atoms with Crippen molar-refractivity contribution >= 4 is 39.0 Å². The number of sulfonamides is 1. The lowest BCUT2D eigenvalue weighted by atomic mass is 9.93. The number of rotatable bonds is 13. The van der Waals surface area contributed by atoms with E-state index >= 15 is 0 Å². The number of nitrogens with one attached hydrogen (secondary N) is 2. The third-order valence-electron chi connectivity index (χ3n) is 8.19. The molecule has 0 aliphatic carbocycles. The Balaban J connectivity index is 0.00000169. The quantitative estimate of drug-likeness (QED) is 0.204. The molecule has 2 aromatic carbocycles. The van der Waals surface area contributed by atoms with Gasteiger partial charge in [-0.2, -0.15) is 0 Å². The topological polar surface area (TPSA) is 141 Å². The lowest BCUT2D eigenvalue weighted by Crippen LogP contribution is -2.52. The van der Waals surface area contributed by atoms with E-state index in [1.807, 2.05) is 49.5 Å². The van der Waals surface area contributed by atoms with Crippen molar-refractivity contribution in [3.05, 3.63) is 65.4 Å². The van der Waals surface area contributed by atoms with Gasteiger partial charge in [0.2, 0.25) is 0 Å². The van der Waals surface area contributed by atoms with Crippen LogP contribution in [0.1, 0.15) is 75.4 Å². The van der Waals surface area contributed by atoms with E-state index in [0.717, 1.165) is 41.3 Å². The van der Waals surface area contributed by atoms with Gasteiger partial charge >= 0.3 is 0 Å². The molecule has 1 aromatic heterocycles. The number of aliphatic hydroxyl groups is 1. The molecule has 4 rings (SSSR count). The van der Waals surface area contributed by atoms with Crippen LogP contribution in [0.4, 0.5) is 5.69 Å². The molecule has 0 saturated heterocycles. The van der Waals surface area contributed by atoms with Crippen LogP contribution in [0.25, 0.3) is 10.9 Å². The van der Waals surface area contributed by atoms with Gasteiger partial charge < -0.3 is 25.4 Å². The first-order valence-electron chi connectivity index (χ1n) is 15.2. The van der Waals surface area contributed by atoms with Crippen LogP contribution in [-0.4, -0.2) is 66.9 Å². The van der Waals surface area contributed by atoms with E-state index in [4.69, 9.17) is 9.90 Å². The lowest BCUT2D eigenvalue weighted by Gasteiger charge is -2.31. The number of carboxylic acid groups (broad SMARTS) is 1. The number of aromatic nitrogens is 1. The average Bonchev–Trinajstić information content (AvgIpc) is 3.31. The number of amides is 1. The summed E-state index contributed by atoms with van der Waals surface area (Å²) in [6.45, 7) is 10.8. The van der Waals surface area contributed by atoms with E-state index in [-0.39, 0.29) is 23.8 Å². The van der Waals surface area contributed by atoms with Crippen LogP contribution < -0.4 is 14.9 Å². The number of aliphatic hydroxyl groups excluding tert-OH is 1. The molecule has 3 aromatic rings. The molecule has 2 heterocycles. The Hall–Kier alpha value is -3.41. The maximum atomic E-state index is 13.7. The molecule has 0 bridgehead atoms. The van der Waals surface area contributed by atoms with E-state index in [0.29, 0.717) is 36.6 Å². The van der Waals surface area contributed by atoms with Gasteiger partial charge in [0.15, 0.2) is 0 Å². The zero-order valence-electron chi connectivity index (χ0n) is 26.7. The molecule has 1 aliphatic heterocycles. The van der Waals surface area contributed by atoms with Crippen molar-refractivity contribution in [2.45, 2.75) is 90.3 Å². The summed E-state index contributed by atoms with van der Waals surface area (Å²) in [7, 11) is -2.02. The third kappa shape index (κ3) is 8.83. The first kappa shape index (κ1) is 35.1. The number of benzene rings is 2. The molecule has 2 atom stereocenters. The minimum absolute atomic E-state index is 0.120. The Morgan fingerprint density at radius 3 is 2.43 bits per heavy atom. The van der Waals surface area contributed by atoms with Crippen molar-refractivity contribution < 1.29 is 28.2 Å². The Morgan fingerprint density at radius 1 is 1.16 bits per heavy atom. The molecular weight excluding hydrogens is 580 g/mol. The molecule has 0 saturated carbocycles. The molecule has 11 heteroatoms. The number of hydrogen-bond acceptors (Lipinski definition) is 6. The van der Waals surface area contributed by atoms with Gasteiger partial charge in [0.25, 0.3) is 22.4 Å². The number of nitrogens with zero attached hydrogens (tertiary/aromatic N) is 2. The van der Waals surface area contributed by atoms with Gasteiger partial charge in [0.1, 0.15) is 5.88 Å². The zero-order valence-corrected chi connectivity index (χ0v) is 27.5. The summed E-state index contributed by atoms with van der Waals surface area (Å²) in [5.74, 6) is 0.193. The third-order valence-corrected chi connectivity index (χ3v) is 9.82. The minimum atomic E-state index is -3.55. The molecule has 0 radical (unpaired) electrons. The standard InChI is InChI=1S/C32H46N4O4S.CH2O2/c1-7-24-20-36-21-41(39,40)35(6)28-18-25(17-26(24)30(28)36)31(38)34-27(16-23-13-9-8-10-14-23)29(37)19-33-32(4,5)15-11-12-22(2)3;2-1-3/h8-10,13-14,17-18,20,22,27,29,33,37H,7,11-12,15-16,19,21H2,1-6H3,(H,34,38);1H,(H,2,3)/t27-,29+;/m0./s1. The van der Waals surface area contributed by atoms with Crippen LogP contribution in [0.2, 0.25) is 0 Å². The van der Waals surface area contributed by atoms with Gasteiger partial charge in [0, 0.05) is 36.3 Å². The van der Waals surface area contributed by atoms with Gasteiger partial charge in [-0.1, -0.05) is 63.9 Å². The molecule has 0 spiro atoms. The van der Waals surface area contributed by atoms with Crippen molar-refractivity contribution in [2.24, 2.45) is 5.92 Å². The smallest absolute Gasteiger partial charge is 0.290 e. The Kier molecular flexibility index (Phi) is 12.0. The summed E-state index contributed by atoms with van der Waals surface area (Å²) in [5, 5.41) is 25.7. The minimum Gasteiger partial charge on any atom is -0.483 e. The first-order chi connectivity index (χ1) is 20.7. The number of anilines is 1. The van der Waals surface area contributed by atoms with Gasteiger partial charge in [0.05, 0.1) is 23.3 Å². The van der Waals surface area contributed by atoms with Crippen LogP contribution in [0, 0.1) is 5.92 Å². The fourth-order valence-corrected chi connectivity index (χ4v) is 6.79. The van der Waals surface area contributed by atoms with Gasteiger partial charge in [-0.05, 0) is 62.3 Å². The van der Waals surface area contributed by atoms with Gasteiger partial charge in [-0.3, -0.25) is 13.9 Å². The number of aryl methyl sites for hydroxylation is 1. The summed E-state index contributed by atoms with van der Waals surface area (Å²) in [4.78, 5) is 22.1. The van der Waals surface area contributed by atoms with Crippen LogP contribution >= 0.6 is 0 Å². The molecule has 10 nitrogen and oxygen atoms in total. The van der Waals surface area contributed by atoms with Gasteiger partial charge in [-0.25, -0.2) is 8.42 Å². The van der Waals surface area contributed by atoms with Crippen molar-refractivity contribution in [2.75, 3.05) is 17.9 Å². The highest BCUT2D eigenvalue weighted by Gasteiger charge is 2.31. The maximum absolute atomic E-state index is 13.7. The van der Waals surface area contributed by atoms with E-state index in [9.17, 15) is 18.3 Å². The summed E-state index contributed by atoms with van der Waals surface area (Å²) >= 11 is 0. The number of carbonyl (C=O) groups excluding carboxylic acids is 1. The Labute approximate surface area is 261 Å². The van der Waals surface area contributed by atoms with Crippen LogP contribution in [0.5, 0.6) is 0 Å². The highest BCUT2D eigenvalue weighted by atomic mass is 32.2. The molecule has 0 unspecified atom stereocenters. The van der Waals surface area contributed by atoms with E-state index in [2.05, 4.69) is 38.3 Å². The summed E-state index contributed by atoms with van der Waals surface area (Å²) in [6, 6.07) is 12.8. The predicted molar refractivity (Wildman–Crippen MR) is 176 cm³/mol. The Morgan fingerprint density at radius 2 is 1.82 bits per heavy atom. The summed E-state index contributed by atoms with van der Waals surface area (Å²) in [5.41, 5.74) is 3.53. The van der Waals surface area contributed by atoms with E-state index < -0.39 is 22.2 Å². The van der Waals surface area contributed by atoms with Gasteiger partial charge in [-0.15, -0.1) is 0 Å². The van der Waals surface area contributed by atoms with Crippen molar-refractivity contribution in [1.29, 1.82) is 0 Å². The van der Waals surface area contributed by atoms with E-state index in [1.54, 1.807) is 10.6 Å². The summed E-state index contributed by atoms with van der Waals surface area (Å²) in [6.07, 6.45) is 5.47. The second kappa shape index (κ2) is 15.0. The second-order valence-electron chi connectivity index (χ2n) is 12.6. The second-order valence-corrected chi connectivity index (χ2v) is 14.5. The predicted octanol–water partition coefficient (Wildman–Crippen LogP) is 4.54. The highest BCUT2D eigenvalue weighted by molar-refractivity contribution is 7.91. The van der Waals surface area contributed by atoms with Crippen LogP contribution in [0.3, 0.4) is 0 Å². The summed E-state index contributed by atoms with van der Waals surface area (Å²) < 4.78 is 28.7. The number of carbonyl (C=O) groups is 2. The molecule has 4 N–H and O–H groups in total. The molecular formula is C33H48N4O6S. The molecule has 1 aliphatic rings. The zero-order chi connectivity index (χ0) is 32.7. The normalized spacial score (nSPS) is 15.4. The SMILES string of the molecule is CCc1cn2c3c(cc(C(=O)N[C@@H](Cc4ccccc4)[C@H](O)CNC(C)(C)CCCC(C)C)cc13)N(C)S(=O)(=O)C2.O=CO. The molecule has 44 heavy (non-hydrogen) atoms. The Bertz CT molecular complexity index is 1520. The van der Waals surface area contributed by atoms with E-state index in [1.165, 1.54) is 11.4 Å². The van der Waals surface area contributed by atoms with Crippen LogP contribution in [-0.2, 0) is 33.5 Å². The largest absolute Gasteiger partial charge is 0.483 e. The van der Waals surface area contributed by atoms with Crippen molar-refractivity contribution in [3.8, 4) is 0 Å². The lowest BCUT2D eigenvalue weighted by molar-refractivity contribution is -0.122. The van der Waals surface area contributed by atoms with Crippen molar-refractivity contribution in [3.63, 3.8) is 0 Å². The monoisotopic (exact) mass is 628 g/mol. The first-order valence-corrected chi connectivity index (χ1v) is 16.8. The number of β-amino-alcohol motifs (C(OH)–C–C–N with tert-alkyl or cyclic N) is 1. The van der Waals surface area contributed by atoms with Crippen LogP contribution in [0.15, 0.2) is 48.7 Å². The fourth-order valence-electron chi connectivity index (χ4n) is 5.62. The molecule has 0 fully saturated rings. The highest BCUT2D eigenvalue weighted by Crippen LogP contribution is 2.37. The average molecular weight is 629 g/mol. The molecule has 1 amide bonds. The fraction of sp³-hybridized carbons (Fsp3) is 0.515.